The third kappa shape index (κ3) is 3.84. The van der Waals surface area contributed by atoms with Crippen LogP contribution >= 0.6 is 0 Å². The molecule has 0 spiro atoms. The quantitative estimate of drug-likeness (QED) is 0.649. The summed E-state index contributed by atoms with van der Waals surface area (Å²) in [5.74, 6) is 0.716. The van der Waals surface area contributed by atoms with Gasteiger partial charge in [-0.1, -0.05) is 7.43 Å². The van der Waals surface area contributed by atoms with Gasteiger partial charge in [0.25, 0.3) is 0 Å². The van der Waals surface area contributed by atoms with Crippen molar-refractivity contribution in [2.75, 3.05) is 18.4 Å². The van der Waals surface area contributed by atoms with E-state index in [4.69, 9.17) is 0 Å². The average molecular weight is 419 g/mol. The number of fused-ring (bicyclic) bond motifs is 1. The largest absolute Gasteiger partial charge is 0.321 e. The lowest BCUT2D eigenvalue weighted by atomic mass is 10.1. The summed E-state index contributed by atoms with van der Waals surface area (Å²) >= 11 is 0. The third-order valence-corrected chi connectivity index (χ3v) is 7.69. The van der Waals surface area contributed by atoms with E-state index >= 15 is 0 Å². The fourth-order valence-electron chi connectivity index (χ4n) is 3.67. The summed E-state index contributed by atoms with van der Waals surface area (Å²) in [6.45, 7) is 1.81. The number of nitrogens with one attached hydrogen (secondary N) is 1. The fraction of sp³-hybridized carbons (Fsp3) is 0.556. The van der Waals surface area contributed by atoms with Gasteiger partial charge in [-0.15, -0.1) is 0 Å². The predicted molar refractivity (Wildman–Crippen MR) is 110 cm³/mol. The van der Waals surface area contributed by atoms with E-state index in [1.54, 1.807) is 27.6 Å². The highest BCUT2D eigenvalue weighted by atomic mass is 32.2. The van der Waals surface area contributed by atoms with Crippen LogP contribution in [0.2, 0.25) is 0 Å². The summed E-state index contributed by atoms with van der Waals surface area (Å²) in [4.78, 5) is 8.92. The average Bonchev–Trinajstić information content (AvgIpc) is 3.11. The first kappa shape index (κ1) is 19.8. The maximum Gasteiger partial charge on any atom is 0.229 e. The molecule has 4 heterocycles. The van der Waals surface area contributed by atoms with Crippen molar-refractivity contribution in [1.29, 1.82) is 0 Å². The number of rotatable bonds is 6. The molecule has 3 aromatic heterocycles. The van der Waals surface area contributed by atoms with Gasteiger partial charge in [0.05, 0.1) is 28.7 Å². The number of sulfonamides is 1. The van der Waals surface area contributed by atoms with Gasteiger partial charge < -0.3 is 5.32 Å². The molecule has 0 aromatic carbocycles. The minimum absolute atomic E-state index is 0. The van der Waals surface area contributed by atoms with E-state index in [9.17, 15) is 8.42 Å². The summed E-state index contributed by atoms with van der Waals surface area (Å²) in [5.41, 5.74) is 1.55. The Morgan fingerprint density at radius 2 is 2.00 bits per heavy atom. The first-order valence-electron chi connectivity index (χ1n) is 9.42. The Balaban J connectivity index is 0.00000205. The Bertz CT molecular complexity index is 1120. The van der Waals surface area contributed by atoms with Crippen LogP contribution in [-0.2, 0) is 23.6 Å². The zero-order valence-corrected chi connectivity index (χ0v) is 16.4. The van der Waals surface area contributed by atoms with Gasteiger partial charge >= 0.3 is 0 Å². The van der Waals surface area contributed by atoms with E-state index in [0.717, 1.165) is 36.0 Å². The Morgan fingerprint density at radius 1 is 1.17 bits per heavy atom. The van der Waals surface area contributed by atoms with Gasteiger partial charge in [-0.2, -0.15) is 15.2 Å². The first-order valence-corrected chi connectivity index (χ1v) is 10.9. The molecule has 1 N–H and O–H groups in total. The van der Waals surface area contributed by atoms with E-state index in [1.165, 1.54) is 0 Å². The molecule has 29 heavy (non-hydrogen) atoms. The van der Waals surface area contributed by atoms with Gasteiger partial charge in [-0.05, 0) is 25.2 Å². The number of hydrogen-bond acceptors (Lipinski definition) is 7. The molecule has 1 aliphatic carbocycles. The molecule has 0 amide bonds. The molecular formula is C18H26N8O2S. The summed E-state index contributed by atoms with van der Waals surface area (Å²) in [5, 5.41) is 12.4. The summed E-state index contributed by atoms with van der Waals surface area (Å²) in [7, 11) is -1.25. The Morgan fingerprint density at radius 3 is 2.72 bits per heavy atom. The molecule has 0 bridgehead atoms. The van der Waals surface area contributed by atoms with Crippen molar-refractivity contribution in [2.24, 2.45) is 13.0 Å². The SMILES string of the molecule is C.Cn1cc(Nc2ncc3cnn(CC4CCN(S(=O)(=O)C5CC5)C4)c3n2)cn1. The van der Waals surface area contributed by atoms with Crippen molar-refractivity contribution < 1.29 is 8.42 Å². The normalized spacial score (nSPS) is 20.1. The summed E-state index contributed by atoms with van der Waals surface area (Å²) in [6.07, 6.45) is 9.49. The van der Waals surface area contributed by atoms with Crippen LogP contribution in [0.1, 0.15) is 26.7 Å². The van der Waals surface area contributed by atoms with Crippen LogP contribution in [-0.4, -0.2) is 60.6 Å². The monoisotopic (exact) mass is 418 g/mol. The molecule has 156 valence electrons. The molecule has 1 saturated heterocycles. The smallest absolute Gasteiger partial charge is 0.229 e. The van der Waals surface area contributed by atoms with Crippen LogP contribution in [0.25, 0.3) is 11.0 Å². The lowest BCUT2D eigenvalue weighted by molar-refractivity contribution is 0.417. The van der Waals surface area contributed by atoms with Crippen LogP contribution in [0.5, 0.6) is 0 Å². The Kier molecular flexibility index (Phi) is 5.03. The molecule has 1 unspecified atom stereocenters. The zero-order valence-electron chi connectivity index (χ0n) is 15.6. The van der Waals surface area contributed by atoms with Crippen molar-refractivity contribution in [3.63, 3.8) is 0 Å². The van der Waals surface area contributed by atoms with Crippen molar-refractivity contribution in [3.05, 3.63) is 24.8 Å². The van der Waals surface area contributed by atoms with Crippen molar-refractivity contribution >= 4 is 32.7 Å². The van der Waals surface area contributed by atoms with Crippen LogP contribution in [0.3, 0.4) is 0 Å². The molecule has 2 aliphatic rings. The van der Waals surface area contributed by atoms with E-state index in [0.29, 0.717) is 25.6 Å². The predicted octanol–water partition coefficient (Wildman–Crippen LogP) is 1.75. The molecule has 0 radical (unpaired) electrons. The number of nitrogens with zero attached hydrogens (tertiary/aromatic N) is 7. The van der Waals surface area contributed by atoms with E-state index < -0.39 is 10.0 Å². The molecule has 1 aliphatic heterocycles. The second-order valence-corrected chi connectivity index (χ2v) is 9.80. The highest BCUT2D eigenvalue weighted by molar-refractivity contribution is 7.90. The Labute approximate surface area is 170 Å². The van der Waals surface area contributed by atoms with E-state index in [2.05, 4.69) is 25.5 Å². The Hall–Kier alpha value is -2.53. The van der Waals surface area contributed by atoms with Crippen molar-refractivity contribution in [2.45, 2.75) is 38.5 Å². The standard InChI is InChI=1S/C17H22N8O2S.CH4/c1-23-11-14(8-19-23)21-17-18-6-13-7-20-25(16(13)22-17)10-12-4-5-24(9-12)28(26,27)15-2-3-15;/h6-8,11-12,15H,2-5,9-10H2,1H3,(H,18,21,22);1H4. The van der Waals surface area contributed by atoms with Gasteiger partial charge in [0, 0.05) is 39.1 Å². The van der Waals surface area contributed by atoms with Gasteiger partial charge in [-0.3, -0.25) is 4.68 Å². The van der Waals surface area contributed by atoms with Gasteiger partial charge in [-0.25, -0.2) is 22.4 Å². The number of anilines is 2. The topological polar surface area (TPSA) is 111 Å². The minimum Gasteiger partial charge on any atom is -0.321 e. The molecule has 3 aromatic rings. The van der Waals surface area contributed by atoms with Crippen LogP contribution in [0, 0.1) is 5.92 Å². The summed E-state index contributed by atoms with van der Waals surface area (Å²) in [6, 6.07) is 0. The molecule has 1 atom stereocenters. The first-order chi connectivity index (χ1) is 13.5. The van der Waals surface area contributed by atoms with Crippen LogP contribution < -0.4 is 5.32 Å². The number of aromatic nitrogens is 6. The van der Waals surface area contributed by atoms with Crippen molar-refractivity contribution in [3.8, 4) is 0 Å². The second-order valence-electron chi connectivity index (χ2n) is 7.58. The molecule has 1 saturated carbocycles. The highest BCUT2D eigenvalue weighted by Crippen LogP contribution is 2.34. The van der Waals surface area contributed by atoms with Gasteiger partial charge in [0.1, 0.15) is 0 Å². The number of aryl methyl sites for hydroxylation is 1. The fourth-order valence-corrected chi connectivity index (χ4v) is 5.61. The second kappa shape index (κ2) is 7.38. The van der Waals surface area contributed by atoms with Crippen molar-refractivity contribution in [1.82, 2.24) is 33.8 Å². The maximum atomic E-state index is 12.4. The molecule has 10 nitrogen and oxygen atoms in total. The molecular weight excluding hydrogens is 392 g/mol. The molecule has 11 heteroatoms. The van der Waals surface area contributed by atoms with Gasteiger partial charge in [0.15, 0.2) is 5.65 Å². The maximum absolute atomic E-state index is 12.4. The van der Waals surface area contributed by atoms with Gasteiger partial charge in [0.2, 0.25) is 16.0 Å². The van der Waals surface area contributed by atoms with E-state index in [1.807, 2.05) is 17.9 Å². The molecule has 5 rings (SSSR count). The summed E-state index contributed by atoms with van der Waals surface area (Å²) < 4.78 is 30.1. The van der Waals surface area contributed by atoms with Crippen LogP contribution in [0.4, 0.5) is 11.6 Å². The lowest BCUT2D eigenvalue weighted by Crippen LogP contribution is -2.32. The minimum atomic E-state index is -3.10. The zero-order chi connectivity index (χ0) is 19.3. The number of hydrogen-bond donors (Lipinski definition) is 1. The highest BCUT2D eigenvalue weighted by Gasteiger charge is 2.42. The molecule has 2 fully saturated rings. The van der Waals surface area contributed by atoms with Crippen LogP contribution in [0.15, 0.2) is 24.8 Å². The lowest BCUT2D eigenvalue weighted by Gasteiger charge is -2.16. The third-order valence-electron chi connectivity index (χ3n) is 5.32. The van der Waals surface area contributed by atoms with E-state index in [-0.39, 0.29) is 18.6 Å².